The van der Waals surface area contributed by atoms with E-state index in [1.54, 1.807) is 0 Å². The van der Waals surface area contributed by atoms with Gasteiger partial charge >= 0.3 is 0 Å². The van der Waals surface area contributed by atoms with Crippen LogP contribution in [0.1, 0.15) is 66.9 Å². The van der Waals surface area contributed by atoms with Crippen molar-refractivity contribution in [2.45, 2.75) is 63.3 Å². The number of piperidine rings is 1. The minimum absolute atomic E-state index is 0.0670. The van der Waals surface area contributed by atoms with Crippen molar-refractivity contribution in [3.8, 4) is 0 Å². The summed E-state index contributed by atoms with van der Waals surface area (Å²) >= 11 is 0. The van der Waals surface area contributed by atoms with Crippen molar-refractivity contribution >= 4 is 11.7 Å². The Balaban J connectivity index is 1.52. The van der Waals surface area contributed by atoms with Gasteiger partial charge in [0.2, 0.25) is 5.91 Å². The first kappa shape index (κ1) is 17.4. The van der Waals surface area contributed by atoms with E-state index in [2.05, 4.69) is 17.9 Å². The van der Waals surface area contributed by atoms with Crippen molar-refractivity contribution in [1.29, 1.82) is 0 Å². The van der Waals surface area contributed by atoms with Crippen LogP contribution in [0, 0.1) is 17.8 Å². The van der Waals surface area contributed by atoms with E-state index in [0.717, 1.165) is 44.1 Å². The Hall–Kier alpha value is -1.68. The van der Waals surface area contributed by atoms with E-state index >= 15 is 0 Å². The number of carbonyl (C=O) groups excluding carboxylic acids is 2. The molecule has 1 saturated heterocycles. The zero-order chi connectivity index (χ0) is 18.8. The molecule has 2 bridgehead atoms. The second kappa shape index (κ2) is 6.16. The lowest BCUT2D eigenvalue weighted by molar-refractivity contribution is -0.127. The number of primary amides is 1. The quantitative estimate of drug-likeness (QED) is 0.894. The molecule has 4 heteroatoms. The second-order valence-corrected chi connectivity index (χ2v) is 9.71. The first-order valence-corrected chi connectivity index (χ1v) is 10.7. The van der Waals surface area contributed by atoms with Crippen molar-refractivity contribution < 1.29 is 9.59 Å². The normalized spacial score (nSPS) is 37.9. The number of nitrogens with zero attached hydrogens (tertiary/aromatic N) is 1. The fraction of sp³-hybridized carbons (Fsp3) is 0.652. The highest BCUT2D eigenvalue weighted by molar-refractivity contribution is 5.93. The summed E-state index contributed by atoms with van der Waals surface area (Å²) in [4.78, 5) is 27.0. The number of benzene rings is 1. The van der Waals surface area contributed by atoms with Gasteiger partial charge in [0.25, 0.3) is 0 Å². The van der Waals surface area contributed by atoms with Crippen molar-refractivity contribution in [2.24, 2.45) is 23.5 Å². The fourth-order valence-electron chi connectivity index (χ4n) is 6.84. The molecule has 1 heterocycles. The molecule has 27 heavy (non-hydrogen) atoms. The Morgan fingerprint density at radius 3 is 2.89 bits per heavy atom. The molecule has 0 radical (unpaired) electrons. The first-order valence-electron chi connectivity index (χ1n) is 10.7. The van der Waals surface area contributed by atoms with Crippen LogP contribution in [0.4, 0.5) is 0 Å². The Morgan fingerprint density at radius 1 is 1.33 bits per heavy atom. The lowest BCUT2D eigenvalue weighted by atomic mass is 9.52. The molecule has 2 N–H and O–H groups in total. The van der Waals surface area contributed by atoms with Gasteiger partial charge in [-0.2, -0.15) is 0 Å². The maximum absolute atomic E-state index is 12.5. The monoisotopic (exact) mass is 366 g/mol. The molecule has 0 aromatic heterocycles. The summed E-state index contributed by atoms with van der Waals surface area (Å²) in [6.45, 7) is 4.67. The molecule has 1 aromatic rings. The van der Waals surface area contributed by atoms with Gasteiger partial charge in [-0.25, -0.2) is 0 Å². The molecular weight excluding hydrogens is 336 g/mol. The summed E-state index contributed by atoms with van der Waals surface area (Å²) in [5.41, 5.74) is 8.67. The molecule has 4 nitrogen and oxygen atoms in total. The highest BCUT2D eigenvalue weighted by Crippen LogP contribution is 2.55. The van der Waals surface area contributed by atoms with Crippen LogP contribution in [0.5, 0.6) is 0 Å². The summed E-state index contributed by atoms with van der Waals surface area (Å²) in [6, 6.07) is 6.54. The maximum atomic E-state index is 12.5. The van der Waals surface area contributed by atoms with Crippen LogP contribution in [0.25, 0.3) is 0 Å². The largest absolute Gasteiger partial charge is 0.366 e. The number of nitrogens with two attached hydrogens (primary N) is 1. The van der Waals surface area contributed by atoms with Gasteiger partial charge in [0.15, 0.2) is 0 Å². The molecule has 1 aromatic carbocycles. The van der Waals surface area contributed by atoms with Gasteiger partial charge in [-0.3, -0.25) is 14.5 Å². The fourth-order valence-corrected chi connectivity index (χ4v) is 6.84. The molecule has 0 spiro atoms. The highest BCUT2D eigenvalue weighted by atomic mass is 16.1. The van der Waals surface area contributed by atoms with Crippen LogP contribution < -0.4 is 5.73 Å². The zero-order valence-corrected chi connectivity index (χ0v) is 16.2. The summed E-state index contributed by atoms with van der Waals surface area (Å²) < 4.78 is 0. The van der Waals surface area contributed by atoms with E-state index in [9.17, 15) is 9.59 Å². The molecule has 0 unspecified atom stereocenters. The minimum atomic E-state index is -0.369. The number of Topliss-reactive ketones (excluding diaryl/α,β-unsaturated/α-hetero) is 1. The Morgan fingerprint density at radius 2 is 2.15 bits per heavy atom. The van der Waals surface area contributed by atoms with E-state index in [1.807, 2.05) is 12.1 Å². The SMILES string of the molecule is CC1CC(CN2CC[C@]34CC(=O)CC[C@H]3[C@H]2Cc2ccc(C(N)=O)cc24)C1. The zero-order valence-electron chi connectivity index (χ0n) is 16.2. The van der Waals surface area contributed by atoms with Gasteiger partial charge in [0, 0.05) is 36.4 Å². The number of likely N-dealkylation sites (tertiary alicyclic amines) is 1. The third-order valence-electron chi connectivity index (χ3n) is 8.06. The van der Waals surface area contributed by atoms with Crippen LogP contribution in [0.3, 0.4) is 0 Å². The molecule has 2 saturated carbocycles. The Bertz CT molecular complexity index is 798. The summed E-state index contributed by atoms with van der Waals surface area (Å²) in [7, 11) is 0. The predicted molar refractivity (Wildman–Crippen MR) is 105 cm³/mol. The molecule has 4 aliphatic rings. The number of hydrogen-bond acceptors (Lipinski definition) is 3. The molecule has 3 atom stereocenters. The number of fused-ring (bicyclic) bond motifs is 1. The van der Waals surface area contributed by atoms with Crippen molar-refractivity contribution in [2.75, 3.05) is 13.1 Å². The van der Waals surface area contributed by atoms with Crippen molar-refractivity contribution in [3.63, 3.8) is 0 Å². The van der Waals surface area contributed by atoms with E-state index in [-0.39, 0.29) is 11.3 Å². The topological polar surface area (TPSA) is 63.4 Å². The van der Waals surface area contributed by atoms with E-state index < -0.39 is 0 Å². The van der Waals surface area contributed by atoms with Crippen molar-refractivity contribution in [1.82, 2.24) is 4.90 Å². The molecule has 1 amide bonds. The van der Waals surface area contributed by atoms with Crippen LogP contribution in [-0.4, -0.2) is 35.7 Å². The number of hydrogen-bond donors (Lipinski definition) is 1. The smallest absolute Gasteiger partial charge is 0.248 e. The van der Waals surface area contributed by atoms with Gasteiger partial charge < -0.3 is 5.73 Å². The molecule has 5 rings (SSSR count). The number of amides is 1. The van der Waals surface area contributed by atoms with Crippen LogP contribution >= 0.6 is 0 Å². The third-order valence-corrected chi connectivity index (χ3v) is 8.06. The summed E-state index contributed by atoms with van der Waals surface area (Å²) in [5, 5.41) is 0. The van der Waals surface area contributed by atoms with Gasteiger partial charge in [0.1, 0.15) is 5.78 Å². The van der Waals surface area contributed by atoms with E-state index in [4.69, 9.17) is 5.73 Å². The molecule has 1 aliphatic heterocycles. The number of ketones is 1. The number of carbonyl (C=O) groups is 2. The lowest BCUT2D eigenvalue weighted by Crippen LogP contribution is -2.62. The van der Waals surface area contributed by atoms with Crippen LogP contribution in [0.2, 0.25) is 0 Å². The molecule has 3 aliphatic carbocycles. The average molecular weight is 367 g/mol. The minimum Gasteiger partial charge on any atom is -0.366 e. The van der Waals surface area contributed by atoms with Gasteiger partial charge in [-0.1, -0.05) is 13.0 Å². The van der Waals surface area contributed by atoms with Gasteiger partial charge in [0.05, 0.1) is 0 Å². The summed E-state index contributed by atoms with van der Waals surface area (Å²) in [5.74, 6) is 2.31. The van der Waals surface area contributed by atoms with E-state index in [1.165, 1.54) is 30.5 Å². The highest BCUT2D eigenvalue weighted by Gasteiger charge is 2.55. The molecule has 144 valence electrons. The number of rotatable bonds is 3. The van der Waals surface area contributed by atoms with Crippen molar-refractivity contribution in [3.05, 3.63) is 34.9 Å². The van der Waals surface area contributed by atoms with Crippen LogP contribution in [0.15, 0.2) is 18.2 Å². The lowest BCUT2D eigenvalue weighted by Gasteiger charge is -2.59. The Labute approximate surface area is 161 Å². The van der Waals surface area contributed by atoms with Gasteiger partial charge in [-0.05, 0) is 79.7 Å². The average Bonchev–Trinajstić information content (AvgIpc) is 2.61. The predicted octanol–water partition coefficient (Wildman–Crippen LogP) is 3.07. The van der Waals surface area contributed by atoms with E-state index in [0.29, 0.717) is 29.7 Å². The Kier molecular flexibility index (Phi) is 3.98. The first-order chi connectivity index (χ1) is 13.0. The molecular formula is C23H30N2O2. The second-order valence-electron chi connectivity index (χ2n) is 9.71. The molecule has 3 fully saturated rings. The van der Waals surface area contributed by atoms with Crippen LogP contribution in [-0.2, 0) is 16.6 Å². The standard InChI is InChI=1S/C23H30N2O2/c1-14-8-15(9-14)13-25-7-6-23-12-18(26)4-5-19(23)21(25)11-16-2-3-17(22(24)27)10-20(16)23/h2-3,10,14-15,19,21H,4-9,11-13H2,1H3,(H2,24,27)/t14?,15?,19-,21+,23-/m0/s1. The third kappa shape index (κ3) is 2.67. The van der Waals surface area contributed by atoms with Gasteiger partial charge in [-0.15, -0.1) is 0 Å². The summed E-state index contributed by atoms with van der Waals surface area (Å²) in [6.07, 6.45) is 7.21. The maximum Gasteiger partial charge on any atom is 0.248 e.